The highest BCUT2D eigenvalue weighted by atomic mass is 31.2. The molecule has 4 heteroatoms. The lowest BCUT2D eigenvalue weighted by Crippen LogP contribution is -2.01. The number of hydrogen-bond acceptors (Lipinski definition) is 3. The zero-order valence-corrected chi connectivity index (χ0v) is 15.5. The maximum atomic E-state index is 13.1. The molecule has 0 aliphatic rings. The molecule has 0 aliphatic carbocycles. The maximum absolute atomic E-state index is 13.1. The Morgan fingerprint density at radius 3 is 2.12 bits per heavy atom. The van der Waals surface area contributed by atoms with E-state index in [1.807, 2.05) is 50.2 Å². The normalized spacial score (nSPS) is 11.8. The van der Waals surface area contributed by atoms with Crippen molar-refractivity contribution in [3.05, 3.63) is 72.3 Å². The van der Waals surface area contributed by atoms with Crippen LogP contribution in [0, 0.1) is 0 Å². The zero-order chi connectivity index (χ0) is 17.7. The van der Waals surface area contributed by atoms with Crippen molar-refractivity contribution in [1.29, 1.82) is 0 Å². The van der Waals surface area contributed by atoms with Gasteiger partial charge in [-0.25, -0.2) is 0 Å². The molecule has 0 atom stereocenters. The van der Waals surface area contributed by atoms with Crippen LogP contribution in [0.5, 0.6) is 0 Å². The Morgan fingerprint density at radius 1 is 0.800 bits per heavy atom. The zero-order valence-electron chi connectivity index (χ0n) is 14.6. The molecule has 25 heavy (non-hydrogen) atoms. The Balaban J connectivity index is 2.16. The van der Waals surface area contributed by atoms with Crippen LogP contribution < -0.4 is 0 Å². The van der Waals surface area contributed by atoms with Gasteiger partial charge in [-0.2, -0.15) is 0 Å². The first-order valence-corrected chi connectivity index (χ1v) is 10.3. The van der Waals surface area contributed by atoms with Gasteiger partial charge in [0, 0.05) is 0 Å². The number of benzene rings is 3. The highest BCUT2D eigenvalue weighted by molar-refractivity contribution is 7.53. The molecule has 3 rings (SSSR count). The molecule has 0 spiro atoms. The Hall–Kier alpha value is -1.93. The lowest BCUT2D eigenvalue weighted by Gasteiger charge is -2.20. The first-order valence-electron chi connectivity index (χ1n) is 8.61. The third-order valence-electron chi connectivity index (χ3n) is 4.09. The quantitative estimate of drug-likeness (QED) is 0.469. The molecule has 0 heterocycles. The summed E-state index contributed by atoms with van der Waals surface area (Å²) in [4.78, 5) is 0. The summed E-state index contributed by atoms with van der Waals surface area (Å²) in [5.74, 6) is 0. The Bertz CT molecular complexity index is 880. The van der Waals surface area contributed by atoms with Crippen molar-refractivity contribution in [2.75, 3.05) is 13.2 Å². The molecule has 0 N–H and O–H groups in total. The molecule has 0 radical (unpaired) electrons. The van der Waals surface area contributed by atoms with Gasteiger partial charge in [-0.3, -0.25) is 4.57 Å². The fourth-order valence-corrected chi connectivity index (χ4v) is 4.85. The third-order valence-corrected chi connectivity index (χ3v) is 6.12. The van der Waals surface area contributed by atoms with Gasteiger partial charge < -0.3 is 9.05 Å². The van der Waals surface area contributed by atoms with E-state index in [2.05, 4.69) is 30.3 Å². The number of fused-ring (bicyclic) bond motifs is 1. The molecular formula is C21H23O3P. The summed E-state index contributed by atoms with van der Waals surface area (Å²) >= 11 is 0. The van der Waals surface area contributed by atoms with Crippen LogP contribution >= 0.6 is 7.60 Å². The Morgan fingerprint density at radius 2 is 1.44 bits per heavy atom. The predicted molar refractivity (Wildman–Crippen MR) is 104 cm³/mol. The van der Waals surface area contributed by atoms with Crippen LogP contribution in [-0.4, -0.2) is 13.2 Å². The van der Waals surface area contributed by atoms with Crippen LogP contribution in [0.4, 0.5) is 0 Å². The monoisotopic (exact) mass is 354 g/mol. The second-order valence-corrected chi connectivity index (χ2v) is 7.85. The van der Waals surface area contributed by atoms with Crippen LogP contribution in [-0.2, 0) is 19.8 Å². The molecule has 3 aromatic rings. The van der Waals surface area contributed by atoms with E-state index in [0.29, 0.717) is 13.2 Å². The summed E-state index contributed by atoms with van der Waals surface area (Å²) in [6, 6.07) is 22.6. The lowest BCUT2D eigenvalue weighted by atomic mass is 9.94. The fourth-order valence-electron chi connectivity index (χ4n) is 3.12. The molecule has 130 valence electrons. The van der Waals surface area contributed by atoms with Crippen molar-refractivity contribution in [3.8, 4) is 11.1 Å². The lowest BCUT2D eigenvalue weighted by molar-refractivity contribution is 0.219. The van der Waals surface area contributed by atoms with Gasteiger partial charge in [-0.05, 0) is 41.3 Å². The molecule has 0 fully saturated rings. The number of hydrogen-bond donors (Lipinski definition) is 0. The van der Waals surface area contributed by atoms with Crippen molar-refractivity contribution in [3.63, 3.8) is 0 Å². The summed E-state index contributed by atoms with van der Waals surface area (Å²) in [6.07, 6.45) is 0.268. The van der Waals surface area contributed by atoms with Gasteiger partial charge in [0.1, 0.15) is 0 Å². The Labute approximate surface area is 149 Å². The summed E-state index contributed by atoms with van der Waals surface area (Å²) in [7, 11) is -3.17. The molecular weight excluding hydrogens is 331 g/mol. The molecule has 0 bridgehead atoms. The smallest absolute Gasteiger partial charge is 0.309 e. The summed E-state index contributed by atoms with van der Waals surface area (Å²) in [6.45, 7) is 4.41. The van der Waals surface area contributed by atoms with Crippen molar-refractivity contribution in [1.82, 2.24) is 0 Å². The van der Waals surface area contributed by atoms with Gasteiger partial charge in [0.2, 0.25) is 0 Å². The van der Waals surface area contributed by atoms with E-state index < -0.39 is 7.60 Å². The topological polar surface area (TPSA) is 35.5 Å². The van der Waals surface area contributed by atoms with Crippen molar-refractivity contribution in [2.24, 2.45) is 0 Å². The van der Waals surface area contributed by atoms with E-state index in [1.54, 1.807) is 0 Å². The average molecular weight is 354 g/mol. The van der Waals surface area contributed by atoms with E-state index in [0.717, 1.165) is 27.5 Å². The van der Waals surface area contributed by atoms with Crippen LogP contribution in [0.1, 0.15) is 19.4 Å². The van der Waals surface area contributed by atoms with Crippen molar-refractivity contribution in [2.45, 2.75) is 20.0 Å². The second-order valence-electron chi connectivity index (χ2n) is 5.79. The Kier molecular flexibility index (Phi) is 5.70. The molecule has 0 aromatic heterocycles. The summed E-state index contributed by atoms with van der Waals surface area (Å²) < 4.78 is 24.1. The first kappa shape index (κ1) is 17.9. The molecule has 0 saturated carbocycles. The van der Waals surface area contributed by atoms with Crippen molar-refractivity contribution >= 4 is 18.4 Å². The minimum Gasteiger partial charge on any atom is -0.309 e. The van der Waals surface area contributed by atoms with Gasteiger partial charge in [-0.1, -0.05) is 66.7 Å². The standard InChI is InChI=1S/C21H23O3P/c1-3-23-25(22,24-4-2)16-19-15-14-17-10-8-9-13-20(17)21(19)18-11-6-5-7-12-18/h5-15H,3-4,16H2,1-2H3. The van der Waals surface area contributed by atoms with Crippen LogP contribution in [0.15, 0.2) is 66.7 Å². The average Bonchev–Trinajstić information content (AvgIpc) is 2.62. The summed E-state index contributed by atoms with van der Waals surface area (Å²) in [5, 5.41) is 2.30. The first-order chi connectivity index (χ1) is 12.2. The van der Waals surface area contributed by atoms with E-state index in [-0.39, 0.29) is 6.16 Å². The second kappa shape index (κ2) is 7.97. The minimum atomic E-state index is -3.17. The SMILES string of the molecule is CCOP(=O)(Cc1ccc2ccccc2c1-c1ccccc1)OCC. The third kappa shape index (κ3) is 4.01. The highest BCUT2D eigenvalue weighted by Crippen LogP contribution is 2.53. The van der Waals surface area contributed by atoms with E-state index in [9.17, 15) is 4.57 Å². The van der Waals surface area contributed by atoms with E-state index in [4.69, 9.17) is 9.05 Å². The van der Waals surface area contributed by atoms with Gasteiger partial charge >= 0.3 is 7.60 Å². The van der Waals surface area contributed by atoms with Crippen molar-refractivity contribution < 1.29 is 13.6 Å². The van der Waals surface area contributed by atoms with E-state index >= 15 is 0 Å². The molecule has 0 amide bonds. The molecule has 0 aliphatic heterocycles. The van der Waals surface area contributed by atoms with Gasteiger partial charge in [-0.15, -0.1) is 0 Å². The number of rotatable bonds is 7. The minimum absolute atomic E-state index is 0.268. The van der Waals surface area contributed by atoms with Crippen LogP contribution in [0.25, 0.3) is 21.9 Å². The van der Waals surface area contributed by atoms with Gasteiger partial charge in [0.25, 0.3) is 0 Å². The van der Waals surface area contributed by atoms with Gasteiger partial charge in [0.15, 0.2) is 0 Å². The predicted octanol–water partition coefficient (Wildman–Crippen LogP) is 6.27. The maximum Gasteiger partial charge on any atom is 0.335 e. The highest BCUT2D eigenvalue weighted by Gasteiger charge is 2.26. The fraction of sp³-hybridized carbons (Fsp3) is 0.238. The summed E-state index contributed by atoms with van der Waals surface area (Å²) in [5.41, 5.74) is 3.18. The van der Waals surface area contributed by atoms with E-state index in [1.165, 1.54) is 0 Å². The molecule has 0 unspecified atom stereocenters. The van der Waals surface area contributed by atoms with Gasteiger partial charge in [0.05, 0.1) is 19.4 Å². The largest absolute Gasteiger partial charge is 0.335 e. The molecule has 0 saturated heterocycles. The molecule has 3 nitrogen and oxygen atoms in total. The van der Waals surface area contributed by atoms with Crippen LogP contribution in [0.2, 0.25) is 0 Å². The van der Waals surface area contributed by atoms with Crippen LogP contribution in [0.3, 0.4) is 0 Å². The molecule has 3 aromatic carbocycles.